The van der Waals surface area contributed by atoms with E-state index in [9.17, 15) is 0 Å². The molecule has 16 N–H and O–H groups in total. The molecule has 0 rings (SSSR count). The fraction of sp³-hybridized carbons (Fsp3) is 0. The van der Waals surface area contributed by atoms with Crippen LogP contribution in [0.4, 0.5) is 0 Å². The Balaban J connectivity index is 0. The Labute approximate surface area is 94.8 Å². The van der Waals surface area contributed by atoms with Gasteiger partial charge in [0.15, 0.2) is 0 Å². The molecule has 8 nitrogen and oxygen atoms in total. The average Bonchev–Trinajstić information content (AvgIpc) is 0. The standard InChI is InChI=1S/2ClH.8H2O.Zr/h2*1H;8*1H2;/q;;;;;;;;;;+2/p-2. The van der Waals surface area contributed by atoms with E-state index in [0.29, 0.717) is 0 Å². The predicted molar refractivity (Wildman–Crippen MR) is 28.9 cm³/mol. The molecule has 0 aliphatic heterocycles. The Morgan fingerprint density at radius 2 is 0.273 bits per heavy atom. The van der Waals surface area contributed by atoms with E-state index in [1.165, 1.54) is 0 Å². The second-order valence-electron chi connectivity index (χ2n) is 0. The first-order chi connectivity index (χ1) is 0. The van der Waals surface area contributed by atoms with E-state index in [0.717, 1.165) is 0 Å². The molecule has 0 saturated carbocycles. The molecule has 0 heterocycles. The molecule has 0 radical (unpaired) electrons. The van der Waals surface area contributed by atoms with E-state index in [1.54, 1.807) is 0 Å². The van der Waals surface area contributed by atoms with Crippen molar-refractivity contribution in [1.29, 1.82) is 0 Å². The minimum atomic E-state index is 0. The van der Waals surface area contributed by atoms with Gasteiger partial charge in [-0.15, -0.1) is 0 Å². The van der Waals surface area contributed by atoms with E-state index >= 15 is 0 Å². The summed E-state index contributed by atoms with van der Waals surface area (Å²) in [6.45, 7) is 0. The third-order valence-electron chi connectivity index (χ3n) is 0. The van der Waals surface area contributed by atoms with Gasteiger partial charge in [-0.05, 0) is 0 Å². The molecule has 0 amide bonds. The van der Waals surface area contributed by atoms with Gasteiger partial charge >= 0.3 is 26.2 Å². The van der Waals surface area contributed by atoms with E-state index < -0.39 is 0 Å². The van der Waals surface area contributed by atoms with Gasteiger partial charge in [-0.25, -0.2) is 0 Å². The first-order valence-corrected chi connectivity index (χ1v) is 0. The van der Waals surface area contributed by atoms with Crippen molar-refractivity contribution in [3.05, 3.63) is 0 Å². The maximum Gasteiger partial charge on any atom is 2.00 e. The minimum absolute atomic E-state index is 0. The molecule has 0 atom stereocenters. The SMILES string of the molecule is O.O.O.O.O.O.O.O.[Cl-].[Cl-].[Zr+2]. The van der Waals surface area contributed by atoms with Gasteiger partial charge in [0.25, 0.3) is 0 Å². The quantitative estimate of drug-likeness (QED) is 0.403. The number of hydrogen-bond acceptors (Lipinski definition) is 0. The summed E-state index contributed by atoms with van der Waals surface area (Å²) in [6.07, 6.45) is 0. The molecule has 0 aromatic heterocycles. The van der Waals surface area contributed by atoms with Crippen LogP contribution in [-0.4, -0.2) is 43.8 Å². The Morgan fingerprint density at radius 3 is 0.273 bits per heavy atom. The van der Waals surface area contributed by atoms with Crippen LogP contribution in [0.2, 0.25) is 0 Å². The first-order valence-electron chi connectivity index (χ1n) is 0. The van der Waals surface area contributed by atoms with Crippen LogP contribution in [0.5, 0.6) is 0 Å². The van der Waals surface area contributed by atoms with Gasteiger partial charge in [-0.2, -0.15) is 0 Å². The summed E-state index contributed by atoms with van der Waals surface area (Å²) in [5, 5.41) is 0. The van der Waals surface area contributed by atoms with Crippen LogP contribution in [0.1, 0.15) is 0 Å². The summed E-state index contributed by atoms with van der Waals surface area (Å²) in [7, 11) is 0. The van der Waals surface area contributed by atoms with E-state index in [1.807, 2.05) is 0 Å². The third-order valence-corrected chi connectivity index (χ3v) is 0. The summed E-state index contributed by atoms with van der Waals surface area (Å²) < 4.78 is 0. The van der Waals surface area contributed by atoms with Crippen molar-refractivity contribution in [1.82, 2.24) is 0 Å². The van der Waals surface area contributed by atoms with Crippen molar-refractivity contribution in [2.75, 3.05) is 0 Å². The smallest absolute Gasteiger partial charge is 1.00 e. The Bertz CT molecular complexity index is 12.1. The minimum Gasteiger partial charge on any atom is -1.00 e. The molecular weight excluding hydrogens is 290 g/mol. The second-order valence-corrected chi connectivity index (χ2v) is 0. The Hall–Kier alpha value is 1.14. The van der Waals surface area contributed by atoms with Crippen LogP contribution in [0.3, 0.4) is 0 Å². The summed E-state index contributed by atoms with van der Waals surface area (Å²) in [5.74, 6) is 0. The molecule has 0 fully saturated rings. The fourth-order valence-electron chi connectivity index (χ4n) is 0. The largest absolute Gasteiger partial charge is 2.00 e. The molecule has 0 aromatic rings. The van der Waals surface area contributed by atoms with Gasteiger partial charge in [0.05, 0.1) is 0 Å². The van der Waals surface area contributed by atoms with Crippen LogP contribution in [0.25, 0.3) is 0 Å². The van der Waals surface area contributed by atoms with Crippen LogP contribution in [-0.2, 0) is 26.2 Å². The van der Waals surface area contributed by atoms with Crippen molar-refractivity contribution >= 4 is 0 Å². The number of halogens is 2. The van der Waals surface area contributed by atoms with Crippen LogP contribution < -0.4 is 24.8 Å². The number of rotatable bonds is 0. The number of hydrogen-bond donors (Lipinski definition) is 0. The average molecular weight is 306 g/mol. The van der Waals surface area contributed by atoms with Crippen LogP contribution in [0.15, 0.2) is 0 Å². The van der Waals surface area contributed by atoms with Gasteiger partial charge in [-0.1, -0.05) is 0 Å². The zero-order chi connectivity index (χ0) is 0. The molecule has 0 aliphatic rings. The van der Waals surface area contributed by atoms with Crippen molar-refractivity contribution < 1.29 is 94.8 Å². The topological polar surface area (TPSA) is 252 Å². The van der Waals surface area contributed by atoms with Crippen LogP contribution >= 0.6 is 0 Å². The van der Waals surface area contributed by atoms with Gasteiger partial charge < -0.3 is 68.6 Å². The molecular formula is H16Cl2O8Zr. The van der Waals surface area contributed by atoms with Crippen molar-refractivity contribution in [3.63, 3.8) is 0 Å². The summed E-state index contributed by atoms with van der Waals surface area (Å²) in [6, 6.07) is 0. The molecule has 0 spiro atoms. The van der Waals surface area contributed by atoms with Crippen molar-refractivity contribution in [3.8, 4) is 0 Å². The maximum absolute atomic E-state index is 0. The maximum atomic E-state index is 0. The Kier molecular flexibility index (Phi) is 92000. The summed E-state index contributed by atoms with van der Waals surface area (Å²) in [5.41, 5.74) is 0. The molecule has 11 heavy (non-hydrogen) atoms. The Morgan fingerprint density at radius 1 is 0.273 bits per heavy atom. The molecule has 0 unspecified atom stereocenters. The second kappa shape index (κ2) is 877. The molecule has 0 saturated heterocycles. The van der Waals surface area contributed by atoms with Gasteiger partial charge in [-0.3, -0.25) is 0 Å². The van der Waals surface area contributed by atoms with E-state index in [-0.39, 0.29) is 94.8 Å². The summed E-state index contributed by atoms with van der Waals surface area (Å²) >= 11 is 0. The van der Waals surface area contributed by atoms with Crippen molar-refractivity contribution in [2.45, 2.75) is 0 Å². The summed E-state index contributed by atoms with van der Waals surface area (Å²) in [4.78, 5) is 0. The zero-order valence-corrected chi connectivity index (χ0v) is 9.23. The molecule has 11 heteroatoms. The normalized spacial score (nSPS) is 0. The monoisotopic (exact) mass is 304 g/mol. The van der Waals surface area contributed by atoms with Gasteiger partial charge in [0.2, 0.25) is 0 Å². The van der Waals surface area contributed by atoms with Gasteiger partial charge in [0, 0.05) is 0 Å². The molecule has 0 bridgehead atoms. The molecule has 0 aliphatic carbocycles. The van der Waals surface area contributed by atoms with E-state index in [4.69, 9.17) is 0 Å². The molecule has 82 valence electrons. The predicted octanol–water partition coefficient (Wildman–Crippen LogP) is -12.6. The van der Waals surface area contributed by atoms with Crippen molar-refractivity contribution in [2.24, 2.45) is 0 Å². The molecule has 0 aromatic carbocycles. The third kappa shape index (κ3) is 713. The first kappa shape index (κ1) is 1150. The van der Waals surface area contributed by atoms with Crippen LogP contribution in [0, 0.1) is 0 Å². The van der Waals surface area contributed by atoms with Gasteiger partial charge in [0.1, 0.15) is 0 Å². The van der Waals surface area contributed by atoms with E-state index in [2.05, 4.69) is 0 Å². The fourth-order valence-corrected chi connectivity index (χ4v) is 0. The zero-order valence-electron chi connectivity index (χ0n) is 5.26.